The molecule has 0 amide bonds. The van der Waals surface area contributed by atoms with E-state index in [1.165, 1.54) is 18.2 Å². The zero-order valence-electron chi connectivity index (χ0n) is 15.0. The Bertz CT molecular complexity index is 1200. The summed E-state index contributed by atoms with van der Waals surface area (Å²) in [6.45, 7) is 1.68. The average Bonchev–Trinajstić information content (AvgIpc) is 2.68. The van der Waals surface area contributed by atoms with Gasteiger partial charge in [0.25, 0.3) is 0 Å². The smallest absolute Gasteiger partial charge is 0.336 e. The number of fused-ring (bicyclic) bond motifs is 1. The summed E-state index contributed by atoms with van der Waals surface area (Å²) in [5, 5.41) is 19.4. The maximum absolute atomic E-state index is 13.6. The van der Waals surface area contributed by atoms with Crippen LogP contribution in [0.25, 0.3) is 33.3 Å². The fraction of sp³-hybridized carbons (Fsp3) is 0.0435. The highest BCUT2D eigenvalue weighted by Crippen LogP contribution is 2.31. The number of aromatic nitrogens is 1. The van der Waals surface area contributed by atoms with E-state index in [1.54, 1.807) is 19.1 Å². The summed E-state index contributed by atoms with van der Waals surface area (Å²) >= 11 is 0. The van der Waals surface area contributed by atoms with Crippen molar-refractivity contribution in [2.45, 2.75) is 6.92 Å². The van der Waals surface area contributed by atoms with Crippen LogP contribution < -0.4 is 0 Å². The van der Waals surface area contributed by atoms with Gasteiger partial charge in [-0.15, -0.1) is 0 Å². The Balaban J connectivity index is 1.85. The molecule has 138 valence electrons. The van der Waals surface area contributed by atoms with Crippen LogP contribution in [0.4, 0.5) is 4.39 Å². The van der Waals surface area contributed by atoms with Crippen LogP contribution in [-0.4, -0.2) is 21.2 Å². The van der Waals surface area contributed by atoms with Crippen molar-refractivity contribution in [3.63, 3.8) is 0 Å². The lowest BCUT2D eigenvalue weighted by molar-refractivity contribution is 0.0698. The summed E-state index contributed by atoms with van der Waals surface area (Å²) in [7, 11) is 0. The summed E-state index contributed by atoms with van der Waals surface area (Å²) in [5.41, 5.74) is 4.21. The Morgan fingerprint density at radius 2 is 1.46 bits per heavy atom. The molecule has 0 saturated carbocycles. The van der Waals surface area contributed by atoms with Gasteiger partial charge < -0.3 is 10.2 Å². The second-order valence-electron chi connectivity index (χ2n) is 6.55. The Labute approximate surface area is 160 Å². The van der Waals surface area contributed by atoms with Crippen molar-refractivity contribution in [1.82, 2.24) is 4.98 Å². The molecule has 0 unspecified atom stereocenters. The van der Waals surface area contributed by atoms with Crippen LogP contribution in [0.2, 0.25) is 0 Å². The van der Waals surface area contributed by atoms with E-state index in [0.717, 1.165) is 16.7 Å². The molecule has 0 aliphatic carbocycles. The lowest BCUT2D eigenvalue weighted by Gasteiger charge is -2.13. The van der Waals surface area contributed by atoms with Crippen LogP contribution in [-0.2, 0) is 0 Å². The Kier molecular flexibility index (Phi) is 4.28. The monoisotopic (exact) mass is 373 g/mol. The molecule has 0 aliphatic heterocycles. The van der Waals surface area contributed by atoms with Crippen molar-refractivity contribution in [3.8, 4) is 28.1 Å². The van der Waals surface area contributed by atoms with Gasteiger partial charge in [0.05, 0.1) is 16.8 Å². The molecule has 0 fully saturated rings. The van der Waals surface area contributed by atoms with Crippen LogP contribution >= 0.6 is 0 Å². The molecular formula is C23H16FNO3. The molecule has 4 rings (SSSR count). The normalized spacial score (nSPS) is 10.9. The number of hydrogen-bond acceptors (Lipinski definition) is 3. The number of phenols is 1. The molecule has 0 radical (unpaired) electrons. The SMILES string of the molecule is Cc1c(-c2ccc(-c3ccc(O)cc3)cc2)nc2ccc(F)cc2c1C(=O)O. The lowest BCUT2D eigenvalue weighted by Crippen LogP contribution is -2.05. The summed E-state index contributed by atoms with van der Waals surface area (Å²) in [4.78, 5) is 16.4. The predicted molar refractivity (Wildman–Crippen MR) is 106 cm³/mol. The van der Waals surface area contributed by atoms with Crippen LogP contribution in [0, 0.1) is 12.7 Å². The summed E-state index contributed by atoms with van der Waals surface area (Å²) in [5.74, 6) is -1.41. The van der Waals surface area contributed by atoms with E-state index in [2.05, 4.69) is 4.98 Å². The summed E-state index contributed by atoms with van der Waals surface area (Å²) in [6.07, 6.45) is 0. The molecule has 3 aromatic carbocycles. The first kappa shape index (κ1) is 17.7. The van der Waals surface area contributed by atoms with Crippen LogP contribution in [0.1, 0.15) is 15.9 Å². The number of aromatic carboxylic acids is 1. The van der Waals surface area contributed by atoms with E-state index in [1.807, 2.05) is 36.4 Å². The van der Waals surface area contributed by atoms with Gasteiger partial charge in [-0.1, -0.05) is 36.4 Å². The number of benzene rings is 3. The Morgan fingerprint density at radius 1 is 0.893 bits per heavy atom. The van der Waals surface area contributed by atoms with Crippen molar-refractivity contribution >= 4 is 16.9 Å². The molecule has 1 aromatic heterocycles. The summed E-state index contributed by atoms with van der Waals surface area (Å²) in [6, 6.07) is 18.4. The maximum Gasteiger partial charge on any atom is 0.336 e. The van der Waals surface area contributed by atoms with Crippen molar-refractivity contribution in [1.29, 1.82) is 0 Å². The van der Waals surface area contributed by atoms with Gasteiger partial charge in [0.2, 0.25) is 0 Å². The quantitative estimate of drug-likeness (QED) is 0.503. The molecule has 0 spiro atoms. The topological polar surface area (TPSA) is 70.4 Å². The van der Waals surface area contributed by atoms with Crippen molar-refractivity contribution < 1.29 is 19.4 Å². The van der Waals surface area contributed by atoms with Crippen molar-refractivity contribution in [2.75, 3.05) is 0 Å². The van der Waals surface area contributed by atoms with Crippen LogP contribution in [0.15, 0.2) is 66.7 Å². The minimum Gasteiger partial charge on any atom is -0.508 e. The average molecular weight is 373 g/mol. The lowest BCUT2D eigenvalue weighted by atomic mass is 9.96. The highest BCUT2D eigenvalue weighted by Gasteiger charge is 2.18. The number of carbonyl (C=O) groups is 1. The number of aromatic hydroxyl groups is 1. The van der Waals surface area contributed by atoms with E-state index < -0.39 is 11.8 Å². The van der Waals surface area contributed by atoms with E-state index in [9.17, 15) is 19.4 Å². The maximum atomic E-state index is 13.6. The predicted octanol–water partition coefficient (Wildman–Crippen LogP) is 5.42. The molecular weight excluding hydrogens is 357 g/mol. The van der Waals surface area contributed by atoms with Gasteiger partial charge in [0, 0.05) is 10.9 Å². The Hall–Kier alpha value is -3.73. The first-order chi connectivity index (χ1) is 13.4. The van der Waals surface area contributed by atoms with Crippen LogP contribution in [0.5, 0.6) is 5.75 Å². The molecule has 28 heavy (non-hydrogen) atoms. The van der Waals surface area contributed by atoms with Gasteiger partial charge in [-0.3, -0.25) is 0 Å². The number of phenolic OH excluding ortho intramolecular Hbond substituents is 1. The minimum atomic E-state index is -1.11. The molecule has 0 atom stereocenters. The molecule has 1 heterocycles. The number of hydrogen-bond donors (Lipinski definition) is 2. The number of carboxylic acid groups (broad SMARTS) is 1. The minimum absolute atomic E-state index is 0.0575. The first-order valence-corrected chi connectivity index (χ1v) is 8.67. The molecule has 5 heteroatoms. The zero-order valence-corrected chi connectivity index (χ0v) is 15.0. The fourth-order valence-corrected chi connectivity index (χ4v) is 3.36. The van der Waals surface area contributed by atoms with Crippen LogP contribution in [0.3, 0.4) is 0 Å². The largest absolute Gasteiger partial charge is 0.508 e. The molecule has 0 saturated heterocycles. The molecule has 4 aromatic rings. The van der Waals surface area contributed by atoms with Gasteiger partial charge in [0.1, 0.15) is 11.6 Å². The van der Waals surface area contributed by atoms with E-state index in [0.29, 0.717) is 16.8 Å². The number of carboxylic acids is 1. The summed E-state index contributed by atoms with van der Waals surface area (Å²) < 4.78 is 13.6. The van der Waals surface area contributed by atoms with E-state index >= 15 is 0 Å². The second kappa shape index (κ2) is 6.78. The van der Waals surface area contributed by atoms with Gasteiger partial charge in [0.15, 0.2) is 0 Å². The number of halogens is 1. The third-order valence-electron chi connectivity index (χ3n) is 4.76. The molecule has 4 nitrogen and oxygen atoms in total. The van der Waals surface area contributed by atoms with Gasteiger partial charge in [-0.2, -0.15) is 0 Å². The van der Waals surface area contributed by atoms with E-state index in [4.69, 9.17) is 0 Å². The second-order valence-corrected chi connectivity index (χ2v) is 6.55. The van der Waals surface area contributed by atoms with Gasteiger partial charge >= 0.3 is 5.97 Å². The molecule has 0 aliphatic rings. The zero-order chi connectivity index (χ0) is 19.8. The third-order valence-corrected chi connectivity index (χ3v) is 4.76. The standard InChI is InChI=1S/C23H16FNO3/c1-13-21(23(27)28)19-12-17(24)8-11-20(19)25-22(13)16-4-2-14(3-5-16)15-6-9-18(26)10-7-15/h2-12,26H,1H3,(H,27,28). The molecule has 0 bridgehead atoms. The third kappa shape index (κ3) is 3.07. The van der Waals surface area contributed by atoms with E-state index in [-0.39, 0.29) is 16.7 Å². The van der Waals surface area contributed by atoms with Crippen molar-refractivity contribution in [3.05, 3.63) is 83.7 Å². The van der Waals surface area contributed by atoms with Gasteiger partial charge in [-0.05, 0) is 53.9 Å². The highest BCUT2D eigenvalue weighted by molar-refractivity contribution is 6.05. The fourth-order valence-electron chi connectivity index (χ4n) is 3.36. The van der Waals surface area contributed by atoms with Crippen molar-refractivity contribution in [2.24, 2.45) is 0 Å². The molecule has 2 N–H and O–H groups in total. The number of rotatable bonds is 3. The van der Waals surface area contributed by atoms with Gasteiger partial charge in [-0.25, -0.2) is 14.2 Å². The number of pyridine rings is 1. The number of nitrogens with zero attached hydrogens (tertiary/aromatic N) is 1. The Morgan fingerprint density at radius 3 is 2.07 bits per heavy atom. The highest BCUT2D eigenvalue weighted by atomic mass is 19.1. The first-order valence-electron chi connectivity index (χ1n) is 8.67.